The van der Waals surface area contributed by atoms with Gasteiger partial charge in [-0.05, 0) is 78.1 Å². The molecule has 1 aromatic carbocycles. The molecule has 14 nitrogen and oxygen atoms in total. The van der Waals surface area contributed by atoms with Gasteiger partial charge in [0.15, 0.2) is 0 Å². The molecule has 3 amide bonds. The van der Waals surface area contributed by atoms with Crippen LogP contribution in [-0.2, 0) is 30.3 Å². The highest BCUT2D eigenvalue weighted by Crippen LogP contribution is 2.46. The van der Waals surface area contributed by atoms with Crippen LogP contribution < -0.4 is 21.6 Å². The van der Waals surface area contributed by atoms with E-state index in [1.54, 1.807) is 65.8 Å². The number of esters is 1. The van der Waals surface area contributed by atoms with E-state index in [9.17, 15) is 24.0 Å². The van der Waals surface area contributed by atoms with Gasteiger partial charge >= 0.3 is 23.8 Å². The molecule has 3 N–H and O–H groups in total. The summed E-state index contributed by atoms with van der Waals surface area (Å²) >= 11 is 0. The van der Waals surface area contributed by atoms with Crippen LogP contribution in [0.4, 0.5) is 24.2 Å². The molecule has 1 fully saturated rings. The molecule has 2 aromatic rings. The molecule has 1 aliphatic rings. The largest absolute Gasteiger partial charge is 0.456 e. The van der Waals surface area contributed by atoms with Crippen molar-refractivity contribution in [3.63, 3.8) is 0 Å². The first-order valence-electron chi connectivity index (χ1n) is 16.4. The van der Waals surface area contributed by atoms with Gasteiger partial charge in [0.2, 0.25) is 12.1 Å². The number of nitrogens with zero attached hydrogens (tertiary/aromatic N) is 2. The van der Waals surface area contributed by atoms with E-state index in [-0.39, 0.29) is 24.7 Å². The van der Waals surface area contributed by atoms with Gasteiger partial charge in [-0.2, -0.15) is 4.98 Å². The van der Waals surface area contributed by atoms with Crippen LogP contribution in [0.15, 0.2) is 41.3 Å². The van der Waals surface area contributed by atoms with Crippen molar-refractivity contribution < 1.29 is 46.9 Å². The number of ether oxygens (including phenoxy) is 4. The minimum absolute atomic E-state index is 0.138. The van der Waals surface area contributed by atoms with Gasteiger partial charge in [-0.1, -0.05) is 25.5 Å². The molecule has 0 unspecified atom stereocenters. The van der Waals surface area contributed by atoms with Crippen molar-refractivity contribution >= 4 is 29.9 Å². The summed E-state index contributed by atoms with van der Waals surface area (Å²) in [6.07, 6.45) is -1.82. The third-order valence-electron chi connectivity index (χ3n) is 7.32. The summed E-state index contributed by atoms with van der Waals surface area (Å²) in [6.45, 7) is 11.6. The van der Waals surface area contributed by atoms with Crippen molar-refractivity contribution in [3.8, 4) is 0 Å². The Morgan fingerprint density at radius 2 is 1.58 bits per heavy atom. The second kappa shape index (κ2) is 16.9. The number of unbranched alkanes of at least 4 members (excludes halogenated alkanes) is 2. The first-order valence-corrected chi connectivity index (χ1v) is 16.4. The van der Waals surface area contributed by atoms with E-state index in [1.165, 1.54) is 6.92 Å². The van der Waals surface area contributed by atoms with Crippen molar-refractivity contribution in [2.24, 2.45) is 5.92 Å². The summed E-state index contributed by atoms with van der Waals surface area (Å²) in [5.74, 6) is -5.65. The smallest absolute Gasteiger partial charge is 0.413 e. The Balaban J connectivity index is 1.34. The van der Waals surface area contributed by atoms with Crippen LogP contribution in [0.5, 0.6) is 0 Å². The summed E-state index contributed by atoms with van der Waals surface area (Å²) in [6, 6.07) is 7.96. The molecule has 0 radical (unpaired) electrons. The third-order valence-corrected chi connectivity index (χ3v) is 7.32. The fourth-order valence-corrected chi connectivity index (χ4v) is 4.72. The van der Waals surface area contributed by atoms with Gasteiger partial charge in [0, 0.05) is 25.7 Å². The minimum atomic E-state index is -3.51. The van der Waals surface area contributed by atoms with Gasteiger partial charge in [-0.3, -0.25) is 14.7 Å². The predicted molar refractivity (Wildman–Crippen MR) is 178 cm³/mol. The molecule has 0 bridgehead atoms. The van der Waals surface area contributed by atoms with Crippen LogP contribution in [0.25, 0.3) is 0 Å². The molecule has 2 heterocycles. The number of benzene rings is 1. The second-order valence-electron chi connectivity index (χ2n) is 13.9. The summed E-state index contributed by atoms with van der Waals surface area (Å²) in [7, 11) is 0. The second-order valence-corrected chi connectivity index (χ2v) is 13.9. The van der Waals surface area contributed by atoms with E-state index in [1.807, 2.05) is 0 Å². The van der Waals surface area contributed by atoms with Gasteiger partial charge in [0.25, 0.3) is 5.92 Å². The summed E-state index contributed by atoms with van der Waals surface area (Å²) in [5, 5.41) is 7.64. The quantitative estimate of drug-likeness (QED) is 0.140. The lowest BCUT2D eigenvalue weighted by Crippen LogP contribution is -2.38. The Bertz CT molecular complexity index is 1550. The van der Waals surface area contributed by atoms with Crippen molar-refractivity contribution in [1.29, 1.82) is 0 Å². The molecule has 0 saturated carbocycles. The van der Waals surface area contributed by atoms with E-state index in [4.69, 9.17) is 18.9 Å². The topological polar surface area (TPSA) is 176 Å². The summed E-state index contributed by atoms with van der Waals surface area (Å²) < 4.78 is 51.9. The average Bonchev–Trinajstić information content (AvgIpc) is 3.22. The van der Waals surface area contributed by atoms with Crippen LogP contribution in [0.1, 0.15) is 96.3 Å². The molecule has 3 atom stereocenters. The number of nitrogens with one attached hydrogen (secondary N) is 3. The number of anilines is 1. The van der Waals surface area contributed by atoms with E-state index in [0.717, 1.165) is 17.8 Å². The molecule has 1 aromatic heterocycles. The Labute approximate surface area is 289 Å². The maximum atomic E-state index is 15.1. The van der Waals surface area contributed by atoms with Crippen LogP contribution in [0, 0.1) is 5.92 Å². The zero-order valence-electron chi connectivity index (χ0n) is 29.5. The average molecular weight is 708 g/mol. The SMILES string of the molecule is C[C@H]1[C@@H](COC(=O)NCCCCCC(=O)NCc2ccc(C(=O)OC(C)(C)C)cc2)O[C@@H](n2ccc(NC(=O)OC(C)(C)C)nc2=O)C1(F)F. The lowest BCUT2D eigenvalue weighted by molar-refractivity contribution is -0.127. The monoisotopic (exact) mass is 707 g/mol. The normalized spacial score (nSPS) is 18.5. The van der Waals surface area contributed by atoms with E-state index >= 15 is 8.78 Å². The first kappa shape index (κ1) is 39.8. The van der Waals surface area contributed by atoms with E-state index < -0.39 is 65.8 Å². The van der Waals surface area contributed by atoms with Gasteiger partial charge in [-0.25, -0.2) is 28.0 Å². The number of carbonyl (C=O) groups excluding carboxylic acids is 4. The number of halogens is 2. The molecule has 50 heavy (non-hydrogen) atoms. The van der Waals surface area contributed by atoms with Crippen molar-refractivity contribution in [2.75, 3.05) is 18.5 Å². The van der Waals surface area contributed by atoms with Crippen molar-refractivity contribution in [1.82, 2.24) is 20.2 Å². The number of rotatable bonds is 13. The Morgan fingerprint density at radius 3 is 2.20 bits per heavy atom. The molecule has 0 aliphatic carbocycles. The minimum Gasteiger partial charge on any atom is -0.456 e. The molecule has 0 spiro atoms. The van der Waals surface area contributed by atoms with Crippen LogP contribution in [0.2, 0.25) is 0 Å². The number of aromatic nitrogens is 2. The van der Waals surface area contributed by atoms with Crippen LogP contribution >= 0.6 is 0 Å². The number of hydrogen-bond donors (Lipinski definition) is 3. The Morgan fingerprint density at radius 1 is 0.920 bits per heavy atom. The Kier molecular flexibility index (Phi) is 13.4. The van der Waals surface area contributed by atoms with Crippen LogP contribution in [0.3, 0.4) is 0 Å². The maximum Gasteiger partial charge on any atom is 0.413 e. The summed E-state index contributed by atoms with van der Waals surface area (Å²) in [4.78, 5) is 64.7. The number of alkyl halides is 2. The maximum absolute atomic E-state index is 15.1. The third kappa shape index (κ3) is 12.4. The highest BCUT2D eigenvalue weighted by Gasteiger charge is 2.58. The number of alkyl carbamates (subject to hydrolysis) is 1. The molecule has 3 rings (SSSR count). The fourth-order valence-electron chi connectivity index (χ4n) is 4.72. The molecule has 16 heteroatoms. The number of amides is 3. The molecule has 1 aliphatic heterocycles. The van der Waals surface area contributed by atoms with Gasteiger partial charge in [-0.15, -0.1) is 0 Å². The van der Waals surface area contributed by atoms with Crippen molar-refractivity contribution in [3.05, 3.63) is 58.1 Å². The zero-order chi connectivity index (χ0) is 37.3. The predicted octanol–water partition coefficient (Wildman–Crippen LogP) is 5.32. The summed E-state index contributed by atoms with van der Waals surface area (Å²) in [5.41, 5.74) is -1.22. The number of carbonyl (C=O) groups is 4. The van der Waals surface area contributed by atoms with Gasteiger partial charge in [0.05, 0.1) is 11.5 Å². The standard InChI is InChI=1S/C34H47F2N5O9/c1-21-24(48-28(34(21,35)36)41-18-16-25(39-29(41)44)40-31(46)50-33(5,6)7)20-47-30(45)37-17-10-8-9-11-26(42)38-19-22-12-14-23(15-13-22)27(43)49-32(2,3)4/h12-16,18,21,24,28H,8-11,17,19-20H2,1-7H3,(H,37,45)(H,38,42)(H,39,40,44,46)/t21-,24+,28+/m0/s1. The van der Waals surface area contributed by atoms with Crippen LogP contribution in [-0.4, -0.2) is 70.0 Å². The van der Waals surface area contributed by atoms with Gasteiger partial charge < -0.3 is 29.6 Å². The lowest BCUT2D eigenvalue weighted by atomic mass is 10.00. The molecular weight excluding hydrogens is 660 g/mol. The molecular formula is C34H47F2N5O9. The molecule has 276 valence electrons. The highest BCUT2D eigenvalue weighted by molar-refractivity contribution is 5.89. The highest BCUT2D eigenvalue weighted by atomic mass is 19.3. The first-order chi connectivity index (χ1) is 23.2. The fraction of sp³-hybridized carbons (Fsp3) is 0.588. The Hall–Kier alpha value is -4.60. The zero-order valence-corrected chi connectivity index (χ0v) is 29.5. The van der Waals surface area contributed by atoms with E-state index in [2.05, 4.69) is 20.9 Å². The number of hydrogen-bond acceptors (Lipinski definition) is 10. The molecule has 1 saturated heterocycles. The van der Waals surface area contributed by atoms with Crippen molar-refractivity contribution in [2.45, 2.75) is 110 Å². The van der Waals surface area contributed by atoms with Gasteiger partial charge in [0.1, 0.15) is 29.7 Å². The lowest BCUT2D eigenvalue weighted by Gasteiger charge is -2.22. The van der Waals surface area contributed by atoms with E-state index in [0.29, 0.717) is 35.9 Å².